The number of benzene rings is 2. The molecule has 154 valence electrons. The molecule has 2 N–H and O–H groups in total. The van der Waals surface area contributed by atoms with Crippen molar-refractivity contribution in [3.05, 3.63) is 59.2 Å². The molecule has 2 aromatic rings. The Hall–Kier alpha value is -3.56. The average Bonchev–Trinajstić information content (AvgIpc) is 2.71. The first kappa shape index (κ1) is 21.7. The quantitative estimate of drug-likeness (QED) is 0.544. The molecular weight excluding hydrogens is 391 g/mol. The van der Waals surface area contributed by atoms with E-state index in [2.05, 4.69) is 15.8 Å². The fourth-order valence-corrected chi connectivity index (χ4v) is 2.32. The van der Waals surface area contributed by atoms with Gasteiger partial charge in [0.1, 0.15) is 11.5 Å². The first-order valence-electron chi connectivity index (χ1n) is 8.24. The standard InChI is InChI=1S/C19H18F3N3O4/c1-28-13-8-7-12(16(9-13)29-2)10-24-25-17(26)11-23-18(27)14-5-3-4-6-15(14)19(20,21)22/h3-10H,11H2,1-2H3,(H,23,27)(H,25,26)/b24-10+. The van der Waals surface area contributed by atoms with Gasteiger partial charge >= 0.3 is 6.18 Å². The van der Waals surface area contributed by atoms with Crippen LogP contribution < -0.4 is 20.2 Å². The van der Waals surface area contributed by atoms with Crippen LogP contribution in [0.5, 0.6) is 11.5 Å². The first-order valence-corrected chi connectivity index (χ1v) is 8.24. The molecule has 0 saturated carbocycles. The molecule has 0 atom stereocenters. The summed E-state index contributed by atoms with van der Waals surface area (Å²) in [5.41, 5.74) is 1.07. The van der Waals surface area contributed by atoms with E-state index in [1.807, 2.05) is 0 Å². The second kappa shape index (κ2) is 9.58. The molecule has 0 aromatic heterocycles. The van der Waals surface area contributed by atoms with Gasteiger partial charge in [-0.3, -0.25) is 9.59 Å². The first-order chi connectivity index (χ1) is 13.8. The molecular formula is C19H18F3N3O4. The van der Waals surface area contributed by atoms with Crippen LogP contribution in [0.4, 0.5) is 13.2 Å². The summed E-state index contributed by atoms with van der Waals surface area (Å²) in [6.45, 7) is -0.553. The highest BCUT2D eigenvalue weighted by atomic mass is 19.4. The van der Waals surface area contributed by atoms with Gasteiger partial charge in [-0.25, -0.2) is 5.43 Å². The predicted octanol–water partition coefficient (Wildman–Crippen LogP) is 2.60. The maximum absolute atomic E-state index is 12.9. The molecule has 2 amide bonds. The van der Waals surface area contributed by atoms with E-state index >= 15 is 0 Å². The van der Waals surface area contributed by atoms with E-state index in [0.717, 1.165) is 12.1 Å². The summed E-state index contributed by atoms with van der Waals surface area (Å²) in [7, 11) is 2.96. The van der Waals surface area contributed by atoms with Crippen LogP contribution >= 0.6 is 0 Å². The number of ether oxygens (including phenoxy) is 2. The number of carbonyl (C=O) groups excluding carboxylic acids is 2. The Bertz CT molecular complexity index is 914. The molecule has 0 fully saturated rings. The minimum atomic E-state index is -4.68. The van der Waals surface area contributed by atoms with Crippen LogP contribution in [0.15, 0.2) is 47.6 Å². The molecule has 0 heterocycles. The summed E-state index contributed by atoms with van der Waals surface area (Å²) in [4.78, 5) is 23.8. The molecule has 0 spiro atoms. The number of amides is 2. The number of hydrazone groups is 1. The highest BCUT2D eigenvalue weighted by Gasteiger charge is 2.34. The van der Waals surface area contributed by atoms with Crippen LogP contribution in [0.2, 0.25) is 0 Å². The fourth-order valence-electron chi connectivity index (χ4n) is 2.32. The number of carbonyl (C=O) groups is 2. The highest BCUT2D eigenvalue weighted by molar-refractivity contribution is 5.98. The molecule has 0 saturated heterocycles. The number of alkyl halides is 3. The molecule has 0 radical (unpaired) electrons. The van der Waals surface area contributed by atoms with E-state index in [0.29, 0.717) is 17.1 Å². The van der Waals surface area contributed by atoms with E-state index in [1.165, 1.54) is 32.6 Å². The molecule has 2 aromatic carbocycles. The number of nitrogens with zero attached hydrogens (tertiary/aromatic N) is 1. The summed E-state index contributed by atoms with van der Waals surface area (Å²) in [5, 5.41) is 5.87. The molecule has 7 nitrogen and oxygen atoms in total. The van der Waals surface area contributed by atoms with Crippen LogP contribution in [0.1, 0.15) is 21.5 Å². The zero-order valence-electron chi connectivity index (χ0n) is 15.5. The summed E-state index contributed by atoms with van der Waals surface area (Å²) in [6, 6.07) is 9.26. The Kier molecular flexibility index (Phi) is 7.18. The second-order valence-corrected chi connectivity index (χ2v) is 5.63. The number of halogens is 3. The number of methoxy groups -OCH3 is 2. The van der Waals surface area contributed by atoms with Crippen LogP contribution in [-0.4, -0.2) is 38.8 Å². The summed E-state index contributed by atoms with van der Waals surface area (Å²) >= 11 is 0. The van der Waals surface area contributed by atoms with Crippen molar-refractivity contribution in [3.8, 4) is 11.5 Å². The zero-order chi connectivity index (χ0) is 21.4. The lowest BCUT2D eigenvalue weighted by Crippen LogP contribution is -2.35. The molecule has 0 unspecified atom stereocenters. The average molecular weight is 409 g/mol. The summed E-state index contributed by atoms with van der Waals surface area (Å²) in [5.74, 6) is -0.704. The van der Waals surface area contributed by atoms with Gasteiger partial charge in [0, 0.05) is 11.6 Å². The van der Waals surface area contributed by atoms with Gasteiger partial charge in [0.2, 0.25) is 0 Å². The lowest BCUT2D eigenvalue weighted by molar-refractivity contribution is -0.137. The van der Waals surface area contributed by atoms with Crippen molar-refractivity contribution in [2.75, 3.05) is 20.8 Å². The molecule has 10 heteroatoms. The Morgan fingerprint density at radius 1 is 1.10 bits per heavy atom. The summed E-state index contributed by atoms with van der Waals surface area (Å²) < 4.78 is 49.1. The van der Waals surface area contributed by atoms with E-state index in [-0.39, 0.29) is 0 Å². The number of hydrogen-bond donors (Lipinski definition) is 2. The minimum Gasteiger partial charge on any atom is -0.497 e. The number of hydrogen-bond acceptors (Lipinski definition) is 5. The fraction of sp³-hybridized carbons (Fsp3) is 0.211. The van der Waals surface area contributed by atoms with Crippen molar-refractivity contribution in [3.63, 3.8) is 0 Å². The van der Waals surface area contributed by atoms with Crippen molar-refractivity contribution in [2.45, 2.75) is 6.18 Å². The highest BCUT2D eigenvalue weighted by Crippen LogP contribution is 2.31. The van der Waals surface area contributed by atoms with E-state index in [4.69, 9.17) is 9.47 Å². The molecule has 0 aliphatic rings. The third kappa shape index (κ3) is 5.96. The maximum Gasteiger partial charge on any atom is 0.417 e. The normalized spacial score (nSPS) is 11.2. The SMILES string of the molecule is COc1ccc(/C=N/NC(=O)CNC(=O)c2ccccc2C(F)(F)F)c(OC)c1. The van der Waals surface area contributed by atoms with Gasteiger partial charge in [0.05, 0.1) is 38.1 Å². The van der Waals surface area contributed by atoms with Gasteiger partial charge in [-0.05, 0) is 24.3 Å². The van der Waals surface area contributed by atoms with Crippen LogP contribution in [0, 0.1) is 0 Å². The molecule has 0 aliphatic heterocycles. The van der Waals surface area contributed by atoms with Crippen molar-refractivity contribution in [1.82, 2.24) is 10.7 Å². The zero-order valence-corrected chi connectivity index (χ0v) is 15.5. The lowest BCUT2D eigenvalue weighted by Gasteiger charge is -2.12. The number of nitrogens with one attached hydrogen (secondary N) is 2. The topological polar surface area (TPSA) is 89.0 Å². The van der Waals surface area contributed by atoms with Gasteiger partial charge in [-0.15, -0.1) is 0 Å². The van der Waals surface area contributed by atoms with Gasteiger partial charge in [0.15, 0.2) is 0 Å². The largest absolute Gasteiger partial charge is 0.497 e. The van der Waals surface area contributed by atoms with Crippen molar-refractivity contribution in [1.29, 1.82) is 0 Å². The molecule has 0 bridgehead atoms. The summed E-state index contributed by atoms with van der Waals surface area (Å²) in [6.07, 6.45) is -3.37. The van der Waals surface area contributed by atoms with Gasteiger partial charge in [-0.2, -0.15) is 18.3 Å². The van der Waals surface area contributed by atoms with Crippen LogP contribution in [0.25, 0.3) is 0 Å². The number of rotatable bonds is 7. The lowest BCUT2D eigenvalue weighted by atomic mass is 10.1. The Morgan fingerprint density at radius 3 is 2.48 bits per heavy atom. The van der Waals surface area contributed by atoms with Gasteiger partial charge in [0.25, 0.3) is 11.8 Å². The Labute approximate surface area is 164 Å². The van der Waals surface area contributed by atoms with Gasteiger partial charge in [-0.1, -0.05) is 12.1 Å². The predicted molar refractivity (Wildman–Crippen MR) is 99.1 cm³/mol. The van der Waals surface area contributed by atoms with Crippen LogP contribution in [-0.2, 0) is 11.0 Å². The van der Waals surface area contributed by atoms with E-state index in [1.54, 1.807) is 18.2 Å². The Morgan fingerprint density at radius 2 is 1.83 bits per heavy atom. The van der Waals surface area contributed by atoms with Gasteiger partial charge < -0.3 is 14.8 Å². The van der Waals surface area contributed by atoms with Crippen LogP contribution in [0.3, 0.4) is 0 Å². The monoisotopic (exact) mass is 409 g/mol. The molecule has 29 heavy (non-hydrogen) atoms. The van der Waals surface area contributed by atoms with Crippen molar-refractivity contribution >= 4 is 18.0 Å². The third-order valence-electron chi connectivity index (χ3n) is 3.72. The van der Waals surface area contributed by atoms with E-state index < -0.39 is 35.7 Å². The Balaban J connectivity index is 1.94. The third-order valence-corrected chi connectivity index (χ3v) is 3.72. The second-order valence-electron chi connectivity index (χ2n) is 5.63. The molecule has 2 rings (SSSR count). The van der Waals surface area contributed by atoms with Crippen molar-refractivity contribution < 1.29 is 32.2 Å². The minimum absolute atomic E-state index is 0.458. The van der Waals surface area contributed by atoms with E-state index in [9.17, 15) is 22.8 Å². The molecule has 0 aliphatic carbocycles. The van der Waals surface area contributed by atoms with Crippen molar-refractivity contribution in [2.24, 2.45) is 5.10 Å². The maximum atomic E-state index is 12.9. The smallest absolute Gasteiger partial charge is 0.417 e.